The molecular weight excluding hydrogens is 229 g/mol. The van der Waals surface area contributed by atoms with Gasteiger partial charge in [0.05, 0.1) is 11.2 Å². The number of halogens is 2. The summed E-state index contributed by atoms with van der Waals surface area (Å²) in [5, 5.41) is 6.43. The van der Waals surface area contributed by atoms with E-state index < -0.39 is 24.7 Å². The number of H-pyrrole nitrogens is 1. The average molecular weight is 244 g/mol. The summed E-state index contributed by atoms with van der Waals surface area (Å²) in [5.74, 6) is 0. The molecule has 1 N–H and O–H groups in total. The molecular formula is C10H15BF2N2O2. The summed E-state index contributed by atoms with van der Waals surface area (Å²) in [4.78, 5) is 0. The van der Waals surface area contributed by atoms with E-state index >= 15 is 0 Å². The number of nitrogens with zero attached hydrogens (tertiary/aromatic N) is 1. The fourth-order valence-electron chi connectivity index (χ4n) is 1.91. The highest BCUT2D eigenvalue weighted by atomic mass is 19.3. The third kappa shape index (κ3) is 2.21. The van der Waals surface area contributed by atoms with Crippen LogP contribution in [0.1, 0.15) is 27.2 Å². The van der Waals surface area contributed by atoms with Gasteiger partial charge in [0.1, 0.15) is 0 Å². The summed E-state index contributed by atoms with van der Waals surface area (Å²) >= 11 is 0. The predicted molar refractivity (Wildman–Crippen MR) is 59.3 cm³/mol. The van der Waals surface area contributed by atoms with Crippen LogP contribution in [0.15, 0.2) is 12.4 Å². The minimum Gasteiger partial charge on any atom is -0.399 e. The molecule has 0 bridgehead atoms. The van der Waals surface area contributed by atoms with Crippen LogP contribution in [0.2, 0.25) is 0 Å². The Kier molecular flexibility index (Phi) is 2.99. The zero-order chi connectivity index (χ0) is 12.7. The maximum Gasteiger partial charge on any atom is 0.498 e. The number of nitrogens with one attached hydrogen (secondary N) is 1. The monoisotopic (exact) mass is 244 g/mol. The number of hydrogen-bond acceptors (Lipinski definition) is 3. The average Bonchev–Trinajstić information content (AvgIpc) is 2.72. The van der Waals surface area contributed by atoms with Gasteiger partial charge < -0.3 is 9.31 Å². The normalized spacial score (nSPS) is 28.0. The van der Waals surface area contributed by atoms with Gasteiger partial charge in [-0.25, -0.2) is 8.78 Å². The van der Waals surface area contributed by atoms with Gasteiger partial charge in [-0.15, -0.1) is 0 Å². The molecule has 2 rings (SSSR count). The Morgan fingerprint density at radius 3 is 2.65 bits per heavy atom. The van der Waals surface area contributed by atoms with E-state index in [2.05, 4.69) is 10.2 Å². The van der Waals surface area contributed by atoms with Crippen molar-refractivity contribution in [2.24, 2.45) is 0 Å². The van der Waals surface area contributed by atoms with E-state index in [1.54, 1.807) is 33.2 Å². The molecule has 0 radical (unpaired) electrons. The second-order valence-corrected chi connectivity index (χ2v) is 4.94. The molecule has 2 heterocycles. The SMILES string of the molecule is CC1(C)OB(c2cn[nH]c2)OC1(C)CC(F)F. The quantitative estimate of drug-likeness (QED) is 0.816. The van der Waals surface area contributed by atoms with Crippen LogP contribution in [0.25, 0.3) is 0 Å². The van der Waals surface area contributed by atoms with Crippen LogP contribution in [0.5, 0.6) is 0 Å². The molecule has 0 aliphatic carbocycles. The lowest BCUT2D eigenvalue weighted by Crippen LogP contribution is -2.46. The minimum absolute atomic E-state index is 0.353. The molecule has 7 heteroatoms. The molecule has 4 nitrogen and oxygen atoms in total. The number of hydrogen-bond donors (Lipinski definition) is 1. The minimum atomic E-state index is -2.43. The Labute approximate surface area is 98.8 Å². The predicted octanol–water partition coefficient (Wildman–Crippen LogP) is 1.34. The first kappa shape index (κ1) is 12.5. The molecule has 1 aromatic heterocycles. The van der Waals surface area contributed by atoms with Crippen LogP contribution >= 0.6 is 0 Å². The van der Waals surface area contributed by atoms with Crippen LogP contribution < -0.4 is 5.46 Å². The number of rotatable bonds is 3. The summed E-state index contributed by atoms with van der Waals surface area (Å²) in [6.07, 6.45) is 0.420. The molecule has 1 atom stereocenters. The second kappa shape index (κ2) is 4.06. The van der Waals surface area contributed by atoms with Gasteiger partial charge in [0.15, 0.2) is 0 Å². The highest BCUT2D eigenvalue weighted by Gasteiger charge is 2.55. The summed E-state index contributed by atoms with van der Waals surface area (Å²) in [6.45, 7) is 5.17. The summed E-state index contributed by atoms with van der Waals surface area (Å²) < 4.78 is 36.5. The Morgan fingerprint density at radius 1 is 1.41 bits per heavy atom. The molecule has 1 aromatic rings. The van der Waals surface area contributed by atoms with Gasteiger partial charge in [0.25, 0.3) is 0 Å². The zero-order valence-corrected chi connectivity index (χ0v) is 10.0. The van der Waals surface area contributed by atoms with Crippen LogP contribution in [-0.2, 0) is 9.31 Å². The number of aromatic amines is 1. The molecule has 1 aliphatic rings. The van der Waals surface area contributed by atoms with E-state index in [0.29, 0.717) is 5.46 Å². The van der Waals surface area contributed by atoms with Crippen molar-refractivity contribution in [1.29, 1.82) is 0 Å². The van der Waals surface area contributed by atoms with Crippen molar-refractivity contribution in [3.05, 3.63) is 12.4 Å². The maximum atomic E-state index is 12.6. The van der Waals surface area contributed by atoms with Crippen molar-refractivity contribution >= 4 is 12.6 Å². The fourth-order valence-corrected chi connectivity index (χ4v) is 1.91. The Morgan fingerprint density at radius 2 is 2.12 bits per heavy atom. The van der Waals surface area contributed by atoms with E-state index in [9.17, 15) is 8.78 Å². The third-order valence-corrected chi connectivity index (χ3v) is 3.38. The first-order chi connectivity index (χ1) is 7.84. The van der Waals surface area contributed by atoms with E-state index in [0.717, 1.165) is 0 Å². The molecule has 0 aromatic carbocycles. The first-order valence-corrected chi connectivity index (χ1v) is 5.46. The number of alkyl halides is 2. The van der Waals surface area contributed by atoms with Crippen molar-refractivity contribution in [3.8, 4) is 0 Å². The molecule has 17 heavy (non-hydrogen) atoms. The van der Waals surface area contributed by atoms with Gasteiger partial charge in [0, 0.05) is 24.3 Å². The van der Waals surface area contributed by atoms with Crippen LogP contribution in [0.4, 0.5) is 8.78 Å². The van der Waals surface area contributed by atoms with Crippen molar-refractivity contribution < 1.29 is 18.1 Å². The van der Waals surface area contributed by atoms with Gasteiger partial charge in [-0.3, -0.25) is 5.10 Å². The van der Waals surface area contributed by atoms with Crippen LogP contribution in [0, 0.1) is 0 Å². The Balaban J connectivity index is 2.20. The van der Waals surface area contributed by atoms with Gasteiger partial charge >= 0.3 is 7.12 Å². The van der Waals surface area contributed by atoms with Gasteiger partial charge in [0.2, 0.25) is 6.43 Å². The molecule has 0 spiro atoms. The van der Waals surface area contributed by atoms with Gasteiger partial charge in [-0.05, 0) is 20.8 Å². The van der Waals surface area contributed by atoms with E-state index in [4.69, 9.17) is 9.31 Å². The lowest BCUT2D eigenvalue weighted by atomic mass is 9.82. The molecule has 0 saturated carbocycles. The fraction of sp³-hybridized carbons (Fsp3) is 0.700. The van der Waals surface area contributed by atoms with Crippen molar-refractivity contribution in [2.45, 2.75) is 44.8 Å². The first-order valence-electron chi connectivity index (χ1n) is 5.46. The smallest absolute Gasteiger partial charge is 0.399 e. The molecule has 1 fully saturated rings. The molecule has 1 aliphatic heterocycles. The van der Waals surface area contributed by atoms with Crippen LogP contribution in [-0.4, -0.2) is 34.9 Å². The molecule has 94 valence electrons. The third-order valence-electron chi connectivity index (χ3n) is 3.38. The zero-order valence-electron chi connectivity index (χ0n) is 10.0. The molecule has 0 amide bonds. The van der Waals surface area contributed by atoms with Crippen molar-refractivity contribution in [1.82, 2.24) is 10.2 Å². The highest BCUT2D eigenvalue weighted by molar-refractivity contribution is 6.61. The van der Waals surface area contributed by atoms with Gasteiger partial charge in [-0.2, -0.15) is 5.10 Å². The standard InChI is InChI=1S/C10H15BF2N2O2/c1-9(2)10(3,4-8(12)13)17-11(16-9)7-5-14-15-6-7/h5-6,8H,4H2,1-3H3,(H,14,15). The van der Waals surface area contributed by atoms with Gasteiger partial charge in [-0.1, -0.05) is 0 Å². The lowest BCUT2D eigenvalue weighted by Gasteiger charge is -2.36. The van der Waals surface area contributed by atoms with E-state index in [-0.39, 0.29) is 6.42 Å². The highest BCUT2D eigenvalue weighted by Crippen LogP contribution is 2.40. The second-order valence-electron chi connectivity index (χ2n) is 4.94. The molecule has 1 unspecified atom stereocenters. The largest absolute Gasteiger partial charge is 0.498 e. The number of aromatic nitrogens is 2. The summed E-state index contributed by atoms with van der Waals surface area (Å²) in [6, 6.07) is 0. The molecule has 1 saturated heterocycles. The summed E-state index contributed by atoms with van der Waals surface area (Å²) in [7, 11) is -0.646. The van der Waals surface area contributed by atoms with E-state index in [1.165, 1.54) is 0 Å². The van der Waals surface area contributed by atoms with Crippen LogP contribution in [0.3, 0.4) is 0 Å². The Bertz CT molecular complexity index is 386. The lowest BCUT2D eigenvalue weighted by molar-refractivity contribution is -0.0516. The Hall–Kier alpha value is -0.945. The van der Waals surface area contributed by atoms with E-state index in [1.807, 2.05) is 0 Å². The van der Waals surface area contributed by atoms with Crippen molar-refractivity contribution in [3.63, 3.8) is 0 Å². The topological polar surface area (TPSA) is 47.1 Å². The van der Waals surface area contributed by atoms with Crippen molar-refractivity contribution in [2.75, 3.05) is 0 Å². The summed E-state index contributed by atoms with van der Waals surface area (Å²) in [5.41, 5.74) is -1.08. The maximum absolute atomic E-state index is 12.6.